The van der Waals surface area contributed by atoms with Crippen molar-refractivity contribution < 1.29 is 18.7 Å². The zero-order chi connectivity index (χ0) is 18.8. The summed E-state index contributed by atoms with van der Waals surface area (Å²) in [7, 11) is 1.57. The Balaban J connectivity index is 1.70. The highest BCUT2D eigenvalue weighted by Crippen LogP contribution is 2.34. The predicted molar refractivity (Wildman–Crippen MR) is 97.5 cm³/mol. The monoisotopic (exact) mass is 366 g/mol. The van der Waals surface area contributed by atoms with E-state index in [1.165, 1.54) is 12.5 Å². The van der Waals surface area contributed by atoms with E-state index in [-0.39, 0.29) is 11.8 Å². The molecule has 0 aliphatic carbocycles. The Morgan fingerprint density at radius 3 is 2.89 bits per heavy atom. The average molecular weight is 366 g/mol. The minimum absolute atomic E-state index is 0.0868. The van der Waals surface area contributed by atoms with Crippen LogP contribution in [-0.4, -0.2) is 28.0 Å². The first kappa shape index (κ1) is 17.0. The molecule has 1 atom stereocenters. The summed E-state index contributed by atoms with van der Waals surface area (Å²) in [5.41, 5.74) is 2.36. The smallest absolute Gasteiger partial charge is 0.278 e. The van der Waals surface area contributed by atoms with E-state index in [1.807, 2.05) is 18.2 Å². The van der Waals surface area contributed by atoms with Gasteiger partial charge in [-0.1, -0.05) is 0 Å². The van der Waals surface area contributed by atoms with Crippen LogP contribution >= 0.6 is 0 Å². The van der Waals surface area contributed by atoms with Gasteiger partial charge in [-0.2, -0.15) is 0 Å². The normalized spacial score (nSPS) is 16.1. The van der Waals surface area contributed by atoms with Gasteiger partial charge in [0.1, 0.15) is 23.6 Å². The van der Waals surface area contributed by atoms with Crippen LogP contribution < -0.4 is 10.1 Å². The summed E-state index contributed by atoms with van der Waals surface area (Å²) in [4.78, 5) is 25.3. The van der Waals surface area contributed by atoms with E-state index >= 15 is 0 Å². The Bertz CT molecular complexity index is 1030. The van der Waals surface area contributed by atoms with Crippen molar-refractivity contribution in [3.05, 3.63) is 54.1 Å². The van der Waals surface area contributed by atoms with E-state index in [0.717, 1.165) is 18.4 Å². The van der Waals surface area contributed by atoms with Crippen molar-refractivity contribution in [3.63, 3.8) is 0 Å². The molecule has 3 heterocycles. The summed E-state index contributed by atoms with van der Waals surface area (Å²) in [6.45, 7) is 1.67. The number of hydrogen-bond donors (Lipinski definition) is 1. The lowest BCUT2D eigenvalue weighted by atomic mass is 10.0. The van der Waals surface area contributed by atoms with Crippen molar-refractivity contribution in [1.29, 1.82) is 0 Å². The summed E-state index contributed by atoms with van der Waals surface area (Å²) in [5, 5.41) is 2.68. The SMILES string of the molecule is COc1ccc(C2CCC=CO2)c2ncc(NC(=O)c3coc(C)n3)nc12. The molecule has 1 N–H and O–H groups in total. The maximum atomic E-state index is 12.3. The molecule has 1 unspecified atom stereocenters. The Kier molecular flexibility index (Phi) is 4.45. The number of carbonyl (C=O) groups is 1. The second-order valence-electron chi connectivity index (χ2n) is 6.09. The van der Waals surface area contributed by atoms with Gasteiger partial charge in [0.05, 0.1) is 25.1 Å². The summed E-state index contributed by atoms with van der Waals surface area (Å²) < 4.78 is 16.2. The number of rotatable bonds is 4. The van der Waals surface area contributed by atoms with E-state index in [0.29, 0.717) is 28.5 Å². The molecule has 0 saturated carbocycles. The molecule has 8 nitrogen and oxygen atoms in total. The number of allylic oxidation sites excluding steroid dienone is 1. The van der Waals surface area contributed by atoms with Gasteiger partial charge in [0.15, 0.2) is 17.4 Å². The van der Waals surface area contributed by atoms with Gasteiger partial charge in [-0.15, -0.1) is 0 Å². The standard InChI is InChI=1S/C19H18N4O4/c1-11-21-13(10-27-11)19(24)23-16-9-20-17-12(14-5-3-4-8-26-14)6-7-15(25-2)18(17)22-16/h4,6-10,14H,3,5H2,1-2H3,(H,22,23,24). The van der Waals surface area contributed by atoms with Gasteiger partial charge in [0.25, 0.3) is 5.91 Å². The number of aromatic nitrogens is 3. The molecule has 8 heteroatoms. The van der Waals surface area contributed by atoms with Crippen LogP contribution in [0.1, 0.15) is 40.9 Å². The number of methoxy groups -OCH3 is 1. The third-order valence-electron chi connectivity index (χ3n) is 4.29. The molecule has 1 aliphatic heterocycles. The van der Waals surface area contributed by atoms with Crippen LogP contribution in [0.4, 0.5) is 5.82 Å². The molecular weight excluding hydrogens is 348 g/mol. The number of carbonyl (C=O) groups excluding carboxylic acids is 1. The molecule has 2 aromatic heterocycles. The van der Waals surface area contributed by atoms with E-state index in [1.54, 1.807) is 20.3 Å². The van der Waals surface area contributed by atoms with Crippen LogP contribution in [0.2, 0.25) is 0 Å². The Morgan fingerprint density at radius 1 is 1.30 bits per heavy atom. The summed E-state index contributed by atoms with van der Waals surface area (Å²) in [6, 6.07) is 3.77. The summed E-state index contributed by atoms with van der Waals surface area (Å²) in [5.74, 6) is 0.864. The molecule has 0 spiro atoms. The van der Waals surface area contributed by atoms with Crippen molar-refractivity contribution >= 4 is 22.8 Å². The number of hydrogen-bond acceptors (Lipinski definition) is 7. The number of aryl methyl sites for hydroxylation is 1. The molecular formula is C19H18N4O4. The fraction of sp³-hybridized carbons (Fsp3) is 0.263. The van der Waals surface area contributed by atoms with Crippen LogP contribution in [0.3, 0.4) is 0 Å². The quantitative estimate of drug-likeness (QED) is 0.753. The topological polar surface area (TPSA) is 99.4 Å². The van der Waals surface area contributed by atoms with E-state index < -0.39 is 5.91 Å². The first-order valence-electron chi connectivity index (χ1n) is 8.53. The molecule has 1 aromatic carbocycles. The molecule has 0 fully saturated rings. The number of fused-ring (bicyclic) bond motifs is 1. The predicted octanol–water partition coefficient (Wildman–Crippen LogP) is 3.55. The van der Waals surface area contributed by atoms with Crippen molar-refractivity contribution in [2.75, 3.05) is 12.4 Å². The van der Waals surface area contributed by atoms with Crippen LogP contribution in [0.25, 0.3) is 11.0 Å². The maximum Gasteiger partial charge on any atom is 0.278 e. The van der Waals surface area contributed by atoms with Crippen molar-refractivity contribution in [3.8, 4) is 5.75 Å². The largest absolute Gasteiger partial charge is 0.494 e. The molecule has 1 aliphatic rings. The second-order valence-corrected chi connectivity index (χ2v) is 6.09. The second kappa shape index (κ2) is 7.06. The molecule has 1 amide bonds. The number of ether oxygens (including phenoxy) is 2. The third kappa shape index (κ3) is 3.33. The number of nitrogens with one attached hydrogen (secondary N) is 1. The first-order valence-corrected chi connectivity index (χ1v) is 8.53. The molecule has 0 saturated heterocycles. The Morgan fingerprint density at radius 2 is 2.19 bits per heavy atom. The van der Waals surface area contributed by atoms with Gasteiger partial charge in [0, 0.05) is 12.5 Å². The Hall–Kier alpha value is -3.42. The number of nitrogens with zero attached hydrogens (tertiary/aromatic N) is 3. The minimum atomic E-state index is -0.420. The average Bonchev–Trinajstić information content (AvgIpc) is 3.14. The highest BCUT2D eigenvalue weighted by molar-refractivity contribution is 6.02. The molecule has 27 heavy (non-hydrogen) atoms. The van der Waals surface area contributed by atoms with Crippen molar-refractivity contribution in [1.82, 2.24) is 15.0 Å². The molecule has 3 aromatic rings. The highest BCUT2D eigenvalue weighted by Gasteiger charge is 2.21. The van der Waals surface area contributed by atoms with E-state index in [2.05, 4.69) is 20.3 Å². The fourth-order valence-electron chi connectivity index (χ4n) is 2.99. The highest BCUT2D eigenvalue weighted by atomic mass is 16.5. The molecule has 138 valence electrons. The van der Waals surface area contributed by atoms with Crippen LogP contribution in [-0.2, 0) is 4.74 Å². The van der Waals surface area contributed by atoms with Crippen LogP contribution in [0, 0.1) is 6.92 Å². The molecule has 0 radical (unpaired) electrons. The summed E-state index contributed by atoms with van der Waals surface area (Å²) >= 11 is 0. The number of benzene rings is 1. The van der Waals surface area contributed by atoms with Gasteiger partial charge < -0.3 is 19.2 Å². The third-order valence-corrected chi connectivity index (χ3v) is 4.29. The van der Waals surface area contributed by atoms with Gasteiger partial charge in [-0.25, -0.2) is 9.97 Å². The fourth-order valence-corrected chi connectivity index (χ4v) is 2.99. The van der Waals surface area contributed by atoms with Gasteiger partial charge >= 0.3 is 0 Å². The lowest BCUT2D eigenvalue weighted by Gasteiger charge is -2.21. The van der Waals surface area contributed by atoms with Gasteiger partial charge in [-0.3, -0.25) is 9.78 Å². The van der Waals surface area contributed by atoms with Gasteiger partial charge in [-0.05, 0) is 31.1 Å². The van der Waals surface area contributed by atoms with Crippen LogP contribution in [0.5, 0.6) is 5.75 Å². The van der Waals surface area contributed by atoms with Crippen molar-refractivity contribution in [2.45, 2.75) is 25.9 Å². The summed E-state index contributed by atoms with van der Waals surface area (Å²) in [6.07, 6.45) is 8.23. The van der Waals surface area contributed by atoms with Crippen LogP contribution in [0.15, 0.2) is 41.3 Å². The van der Waals surface area contributed by atoms with E-state index in [4.69, 9.17) is 13.9 Å². The van der Waals surface area contributed by atoms with E-state index in [9.17, 15) is 4.79 Å². The Labute approximate surface area is 155 Å². The van der Waals surface area contributed by atoms with Gasteiger partial charge in [0.2, 0.25) is 0 Å². The molecule has 4 rings (SSSR count). The lowest BCUT2D eigenvalue weighted by Crippen LogP contribution is -2.14. The number of oxazole rings is 1. The first-order chi connectivity index (χ1) is 13.2. The number of anilines is 1. The molecule has 0 bridgehead atoms. The minimum Gasteiger partial charge on any atom is -0.494 e. The maximum absolute atomic E-state index is 12.3. The van der Waals surface area contributed by atoms with Crippen molar-refractivity contribution in [2.24, 2.45) is 0 Å². The lowest BCUT2D eigenvalue weighted by molar-refractivity contribution is 0.102. The zero-order valence-electron chi connectivity index (χ0n) is 14.9. The zero-order valence-corrected chi connectivity index (χ0v) is 14.9. The number of amides is 1.